The van der Waals surface area contributed by atoms with E-state index in [9.17, 15) is 13.6 Å². The molecule has 1 fully saturated rings. The zero-order valence-electron chi connectivity index (χ0n) is 17.4. The molecule has 0 radical (unpaired) electrons. The van der Waals surface area contributed by atoms with Crippen LogP contribution in [0, 0.1) is 11.6 Å². The second-order valence-corrected chi connectivity index (χ2v) is 7.44. The van der Waals surface area contributed by atoms with Crippen molar-refractivity contribution in [3.8, 4) is 11.5 Å². The van der Waals surface area contributed by atoms with Gasteiger partial charge in [0.25, 0.3) is 0 Å². The number of piperidine rings is 1. The Morgan fingerprint density at radius 2 is 1.73 bits per heavy atom. The minimum atomic E-state index is -0.596. The molecular weight excluding hydrogens is 390 g/mol. The van der Waals surface area contributed by atoms with Crippen LogP contribution in [0.1, 0.15) is 32.3 Å². The lowest BCUT2D eigenvalue weighted by Crippen LogP contribution is -2.49. The minimum absolute atomic E-state index is 0.000546. The Morgan fingerprint density at radius 1 is 1.10 bits per heavy atom. The number of urea groups is 1. The second kappa shape index (κ2) is 10.3. The number of amides is 2. The molecule has 0 saturated carbocycles. The molecule has 1 N–H and O–H groups in total. The van der Waals surface area contributed by atoms with Gasteiger partial charge in [-0.25, -0.2) is 13.6 Å². The number of likely N-dealkylation sites (tertiary alicyclic amines) is 1. The molecule has 3 rings (SSSR count). The molecule has 1 unspecified atom stereocenters. The van der Waals surface area contributed by atoms with Crippen LogP contribution in [0.4, 0.5) is 13.6 Å². The van der Waals surface area contributed by atoms with Gasteiger partial charge in [0.05, 0.1) is 6.61 Å². The molecule has 0 aliphatic carbocycles. The van der Waals surface area contributed by atoms with Crippen LogP contribution in [0.15, 0.2) is 42.5 Å². The first-order valence-electron chi connectivity index (χ1n) is 10.3. The Balaban J connectivity index is 1.48. The first kappa shape index (κ1) is 21.9. The molecule has 0 bridgehead atoms. The zero-order valence-corrected chi connectivity index (χ0v) is 17.4. The van der Waals surface area contributed by atoms with Crippen molar-refractivity contribution in [3.63, 3.8) is 0 Å². The van der Waals surface area contributed by atoms with Gasteiger partial charge >= 0.3 is 6.03 Å². The number of ether oxygens (including phenoxy) is 2. The van der Waals surface area contributed by atoms with Gasteiger partial charge in [-0.3, -0.25) is 0 Å². The summed E-state index contributed by atoms with van der Waals surface area (Å²) in [5, 5.41) is 2.84. The topological polar surface area (TPSA) is 50.8 Å². The lowest BCUT2D eigenvalue weighted by Gasteiger charge is -2.33. The molecule has 2 aromatic carbocycles. The molecule has 30 heavy (non-hydrogen) atoms. The van der Waals surface area contributed by atoms with Crippen LogP contribution in [-0.2, 0) is 6.42 Å². The van der Waals surface area contributed by atoms with E-state index in [1.165, 1.54) is 18.2 Å². The number of hydrogen-bond acceptors (Lipinski definition) is 3. The van der Waals surface area contributed by atoms with Crippen molar-refractivity contribution in [2.24, 2.45) is 0 Å². The summed E-state index contributed by atoms with van der Waals surface area (Å²) >= 11 is 0. The van der Waals surface area contributed by atoms with Crippen LogP contribution >= 0.6 is 0 Å². The lowest BCUT2D eigenvalue weighted by atomic mass is 10.1. The number of carbonyl (C=O) groups excluding carboxylic acids is 1. The van der Waals surface area contributed by atoms with Crippen LogP contribution in [0.2, 0.25) is 0 Å². The van der Waals surface area contributed by atoms with E-state index < -0.39 is 17.7 Å². The van der Waals surface area contributed by atoms with Gasteiger partial charge in [-0.2, -0.15) is 0 Å². The number of halogens is 2. The Morgan fingerprint density at radius 3 is 2.37 bits per heavy atom. The summed E-state index contributed by atoms with van der Waals surface area (Å²) < 4.78 is 39.3. The average Bonchev–Trinajstić information content (AvgIpc) is 2.73. The van der Waals surface area contributed by atoms with E-state index in [4.69, 9.17) is 9.47 Å². The van der Waals surface area contributed by atoms with Gasteiger partial charge in [-0.1, -0.05) is 18.2 Å². The van der Waals surface area contributed by atoms with E-state index in [-0.39, 0.29) is 24.1 Å². The molecule has 0 aromatic heterocycles. The quantitative estimate of drug-likeness (QED) is 0.718. The van der Waals surface area contributed by atoms with Gasteiger partial charge in [0, 0.05) is 37.5 Å². The van der Waals surface area contributed by atoms with Crippen molar-refractivity contribution in [3.05, 3.63) is 59.7 Å². The number of carbonyl (C=O) groups is 1. The van der Waals surface area contributed by atoms with E-state index in [1.807, 2.05) is 31.2 Å². The number of hydrogen-bond donors (Lipinski definition) is 1. The van der Waals surface area contributed by atoms with Crippen LogP contribution in [0.25, 0.3) is 0 Å². The molecule has 2 amide bonds. The maximum Gasteiger partial charge on any atom is 0.317 e. The minimum Gasteiger partial charge on any atom is -0.490 e. The number of rotatable bonds is 7. The van der Waals surface area contributed by atoms with E-state index in [2.05, 4.69) is 5.32 Å². The molecule has 1 saturated heterocycles. The molecule has 2 aromatic rings. The van der Waals surface area contributed by atoms with Crippen LogP contribution < -0.4 is 14.8 Å². The fraction of sp³-hybridized carbons (Fsp3) is 0.435. The summed E-state index contributed by atoms with van der Waals surface area (Å²) in [5.41, 5.74) is -0.00892. The highest BCUT2D eigenvalue weighted by molar-refractivity contribution is 5.74. The Labute approximate surface area is 176 Å². The van der Waals surface area contributed by atoms with Gasteiger partial charge in [0.15, 0.2) is 11.5 Å². The summed E-state index contributed by atoms with van der Waals surface area (Å²) in [7, 11) is 0. The molecule has 1 heterocycles. The van der Waals surface area contributed by atoms with Gasteiger partial charge in [-0.05, 0) is 44.5 Å². The highest BCUT2D eigenvalue weighted by Crippen LogP contribution is 2.29. The van der Waals surface area contributed by atoms with Crippen molar-refractivity contribution in [2.75, 3.05) is 19.7 Å². The molecule has 162 valence electrons. The summed E-state index contributed by atoms with van der Waals surface area (Å²) in [6, 6.07) is 10.7. The summed E-state index contributed by atoms with van der Waals surface area (Å²) in [6.45, 7) is 5.33. The fourth-order valence-electron chi connectivity index (χ4n) is 3.57. The predicted octanol–water partition coefficient (Wildman–Crippen LogP) is 4.55. The van der Waals surface area contributed by atoms with Crippen molar-refractivity contribution in [1.82, 2.24) is 10.2 Å². The third-order valence-corrected chi connectivity index (χ3v) is 5.11. The van der Waals surface area contributed by atoms with Crippen LogP contribution in [0.5, 0.6) is 11.5 Å². The van der Waals surface area contributed by atoms with Crippen LogP contribution in [-0.4, -0.2) is 42.8 Å². The van der Waals surface area contributed by atoms with Crippen LogP contribution in [0.3, 0.4) is 0 Å². The Kier molecular flexibility index (Phi) is 7.49. The monoisotopic (exact) mass is 418 g/mol. The number of para-hydroxylation sites is 2. The molecule has 5 nitrogen and oxygen atoms in total. The van der Waals surface area contributed by atoms with E-state index in [1.54, 1.807) is 11.8 Å². The second-order valence-electron chi connectivity index (χ2n) is 7.44. The van der Waals surface area contributed by atoms with Crippen molar-refractivity contribution in [1.29, 1.82) is 0 Å². The van der Waals surface area contributed by atoms with Gasteiger partial charge in [0.2, 0.25) is 0 Å². The average molecular weight is 418 g/mol. The third kappa shape index (κ3) is 5.62. The normalized spacial score (nSPS) is 15.5. The maximum absolute atomic E-state index is 13.8. The maximum atomic E-state index is 13.8. The Hall–Kier alpha value is -2.83. The van der Waals surface area contributed by atoms with Crippen molar-refractivity contribution in [2.45, 2.75) is 45.3 Å². The summed E-state index contributed by atoms with van der Waals surface area (Å²) in [6.07, 6.45) is 1.49. The first-order chi connectivity index (χ1) is 14.5. The number of nitrogens with zero attached hydrogens (tertiary/aromatic N) is 1. The van der Waals surface area contributed by atoms with Crippen molar-refractivity contribution < 1.29 is 23.0 Å². The molecule has 1 atom stereocenters. The lowest BCUT2D eigenvalue weighted by molar-refractivity contribution is 0.107. The molecular formula is C23H28F2N2O3. The molecule has 7 heteroatoms. The summed E-state index contributed by atoms with van der Waals surface area (Å²) in [4.78, 5) is 14.3. The first-order valence-corrected chi connectivity index (χ1v) is 10.3. The molecule has 1 aliphatic heterocycles. The zero-order chi connectivity index (χ0) is 21.5. The summed E-state index contributed by atoms with van der Waals surface area (Å²) in [5.74, 6) is 0.236. The number of benzene rings is 2. The SMILES string of the molecule is CCOc1ccccc1OC1CCN(C(=O)NC(C)Cc2c(F)cccc2F)CC1. The molecule has 0 spiro atoms. The fourth-order valence-corrected chi connectivity index (χ4v) is 3.57. The highest BCUT2D eigenvalue weighted by Gasteiger charge is 2.25. The standard InChI is InChI=1S/C23H28F2N2O3/c1-3-29-21-9-4-5-10-22(21)30-17-11-13-27(14-12-17)23(28)26-16(2)15-18-19(24)7-6-8-20(18)25/h4-10,16-17H,3,11-15H2,1-2H3,(H,26,28). The Bertz CT molecular complexity index is 834. The highest BCUT2D eigenvalue weighted by atomic mass is 19.1. The predicted molar refractivity (Wildman–Crippen MR) is 111 cm³/mol. The van der Waals surface area contributed by atoms with Gasteiger partial charge < -0.3 is 19.7 Å². The van der Waals surface area contributed by atoms with E-state index >= 15 is 0 Å². The molecule has 1 aliphatic rings. The number of nitrogens with one attached hydrogen (secondary N) is 1. The van der Waals surface area contributed by atoms with E-state index in [0.29, 0.717) is 38.3 Å². The van der Waals surface area contributed by atoms with E-state index in [0.717, 1.165) is 5.75 Å². The smallest absolute Gasteiger partial charge is 0.317 e. The van der Waals surface area contributed by atoms with Gasteiger partial charge in [-0.15, -0.1) is 0 Å². The largest absolute Gasteiger partial charge is 0.490 e. The van der Waals surface area contributed by atoms with Crippen molar-refractivity contribution >= 4 is 6.03 Å². The third-order valence-electron chi connectivity index (χ3n) is 5.11. The van der Waals surface area contributed by atoms with Gasteiger partial charge in [0.1, 0.15) is 17.7 Å².